The highest BCUT2D eigenvalue weighted by Gasteiger charge is 2.16. The van der Waals surface area contributed by atoms with Gasteiger partial charge in [-0.25, -0.2) is 4.79 Å². The minimum atomic E-state index is -0.531. The van der Waals surface area contributed by atoms with E-state index in [0.717, 1.165) is 5.52 Å². The summed E-state index contributed by atoms with van der Waals surface area (Å²) in [6.45, 7) is 5.41. The Bertz CT molecular complexity index is 542. The molecule has 0 saturated heterocycles. The molecule has 0 unspecified atom stereocenters. The molecule has 2 aromatic rings. The topological polar surface area (TPSA) is 68.5 Å². The van der Waals surface area contributed by atoms with Crippen LogP contribution in [0.25, 0.3) is 5.52 Å². The Labute approximate surface area is 98.6 Å². The molecule has 0 bridgehead atoms. The highest BCUT2D eigenvalue weighted by atomic mass is 16.6. The maximum atomic E-state index is 11.5. The Hall–Kier alpha value is -2.11. The van der Waals surface area contributed by atoms with Crippen molar-refractivity contribution in [2.45, 2.75) is 26.4 Å². The summed E-state index contributed by atoms with van der Waals surface area (Å²) in [5.41, 5.74) is 0.333. The highest BCUT2D eigenvalue weighted by Crippen LogP contribution is 2.10. The number of ether oxygens (including phenoxy) is 1. The van der Waals surface area contributed by atoms with Gasteiger partial charge in [-0.05, 0) is 39.0 Å². The third kappa shape index (κ3) is 2.93. The van der Waals surface area contributed by atoms with Gasteiger partial charge in [-0.1, -0.05) is 0 Å². The van der Waals surface area contributed by atoms with Gasteiger partial charge in [-0.3, -0.25) is 5.32 Å². The summed E-state index contributed by atoms with van der Waals surface area (Å²) in [5, 5.41) is 10.6. The van der Waals surface area contributed by atoms with E-state index in [1.54, 1.807) is 33.0 Å². The van der Waals surface area contributed by atoms with E-state index in [2.05, 4.69) is 15.5 Å². The number of anilines is 1. The molecule has 0 aliphatic carbocycles. The first-order valence-electron chi connectivity index (χ1n) is 5.25. The predicted molar refractivity (Wildman–Crippen MR) is 62.8 cm³/mol. The molecule has 0 fully saturated rings. The lowest BCUT2D eigenvalue weighted by Crippen LogP contribution is -2.27. The fraction of sp³-hybridized carbons (Fsp3) is 0.364. The maximum absolute atomic E-state index is 11.5. The van der Waals surface area contributed by atoms with Gasteiger partial charge in [0.25, 0.3) is 0 Å². The summed E-state index contributed by atoms with van der Waals surface area (Å²) in [4.78, 5) is 11.5. The summed E-state index contributed by atoms with van der Waals surface area (Å²) in [6, 6.07) is 5.33. The first-order valence-corrected chi connectivity index (χ1v) is 5.25. The molecule has 0 aromatic carbocycles. The second-order valence-corrected chi connectivity index (χ2v) is 4.59. The van der Waals surface area contributed by atoms with Crippen molar-refractivity contribution in [1.82, 2.24) is 14.8 Å². The van der Waals surface area contributed by atoms with Crippen molar-refractivity contribution in [2.24, 2.45) is 0 Å². The van der Waals surface area contributed by atoms with E-state index in [1.807, 2.05) is 12.1 Å². The summed E-state index contributed by atoms with van der Waals surface area (Å²) in [6.07, 6.45) is 1.11. The summed E-state index contributed by atoms with van der Waals surface area (Å²) < 4.78 is 6.55. The highest BCUT2D eigenvalue weighted by molar-refractivity contribution is 5.83. The number of amides is 1. The van der Waals surface area contributed by atoms with Gasteiger partial charge in [0.1, 0.15) is 5.60 Å². The minimum Gasteiger partial charge on any atom is -0.444 e. The zero-order valence-electron chi connectivity index (χ0n) is 9.97. The maximum Gasteiger partial charge on any atom is 0.413 e. The number of carbonyl (C=O) groups is 1. The average molecular weight is 234 g/mol. The van der Waals surface area contributed by atoms with Crippen molar-refractivity contribution >= 4 is 17.4 Å². The predicted octanol–water partition coefficient (Wildman–Crippen LogP) is 2.08. The largest absolute Gasteiger partial charge is 0.444 e. The van der Waals surface area contributed by atoms with Crippen LogP contribution in [0.4, 0.5) is 10.6 Å². The fourth-order valence-corrected chi connectivity index (χ4v) is 1.29. The number of hydrogen-bond acceptors (Lipinski definition) is 4. The van der Waals surface area contributed by atoms with Gasteiger partial charge in [0, 0.05) is 0 Å². The van der Waals surface area contributed by atoms with Crippen molar-refractivity contribution < 1.29 is 9.53 Å². The van der Waals surface area contributed by atoms with Gasteiger partial charge in [0.15, 0.2) is 5.82 Å². The molecule has 2 heterocycles. The zero-order valence-corrected chi connectivity index (χ0v) is 9.97. The van der Waals surface area contributed by atoms with Crippen molar-refractivity contribution in [3.63, 3.8) is 0 Å². The van der Waals surface area contributed by atoms with Crippen LogP contribution >= 0.6 is 0 Å². The van der Waals surface area contributed by atoms with Crippen LogP contribution in [0.15, 0.2) is 24.4 Å². The molecule has 2 aromatic heterocycles. The van der Waals surface area contributed by atoms with Crippen molar-refractivity contribution in [2.75, 3.05) is 5.32 Å². The van der Waals surface area contributed by atoms with Crippen molar-refractivity contribution in [3.8, 4) is 0 Å². The molecular weight excluding hydrogens is 220 g/mol. The number of carbonyl (C=O) groups excluding carboxylic acids is 1. The standard InChI is InChI=1S/C11H14N4O2/c1-11(2,3)17-10(16)13-9-5-4-8-6-7-12-15(8)14-9/h4-7H,1-3H3,(H,13,14,16). The molecule has 1 amide bonds. The average Bonchev–Trinajstić information content (AvgIpc) is 2.61. The lowest BCUT2D eigenvalue weighted by molar-refractivity contribution is 0.0635. The smallest absolute Gasteiger partial charge is 0.413 e. The Kier molecular flexibility index (Phi) is 2.71. The van der Waals surface area contributed by atoms with E-state index in [1.165, 1.54) is 4.63 Å². The second kappa shape index (κ2) is 4.04. The van der Waals surface area contributed by atoms with Gasteiger partial charge in [-0.15, -0.1) is 9.73 Å². The Morgan fingerprint density at radius 3 is 2.82 bits per heavy atom. The molecule has 0 radical (unpaired) electrons. The Morgan fingerprint density at radius 1 is 1.35 bits per heavy atom. The molecule has 1 N–H and O–H groups in total. The Balaban J connectivity index is 2.10. The lowest BCUT2D eigenvalue weighted by Gasteiger charge is -2.19. The number of hydrogen-bond donors (Lipinski definition) is 1. The number of rotatable bonds is 1. The molecular formula is C11H14N4O2. The molecule has 6 nitrogen and oxygen atoms in total. The van der Waals surface area contributed by atoms with E-state index in [4.69, 9.17) is 4.74 Å². The van der Waals surface area contributed by atoms with Crippen LogP contribution in [0.5, 0.6) is 0 Å². The van der Waals surface area contributed by atoms with Gasteiger partial charge >= 0.3 is 6.09 Å². The van der Waals surface area contributed by atoms with E-state index >= 15 is 0 Å². The van der Waals surface area contributed by atoms with Crippen LogP contribution in [0.3, 0.4) is 0 Å². The van der Waals surface area contributed by atoms with Gasteiger partial charge < -0.3 is 4.74 Å². The number of nitrogens with one attached hydrogen (secondary N) is 1. The first-order chi connectivity index (χ1) is 7.94. The van der Waals surface area contributed by atoms with Crippen LogP contribution in [-0.4, -0.2) is 26.5 Å². The molecule has 2 rings (SSSR count). The molecule has 0 spiro atoms. The SMILES string of the molecule is CC(C)(C)OC(=O)Nc1ccc2ccnn2n1. The third-order valence-electron chi connectivity index (χ3n) is 1.90. The normalized spacial score (nSPS) is 11.5. The van der Waals surface area contributed by atoms with Crippen molar-refractivity contribution in [1.29, 1.82) is 0 Å². The van der Waals surface area contributed by atoms with E-state index < -0.39 is 11.7 Å². The summed E-state index contributed by atoms with van der Waals surface area (Å²) in [5.74, 6) is 0.399. The molecule has 17 heavy (non-hydrogen) atoms. The van der Waals surface area contributed by atoms with Crippen LogP contribution in [0, 0.1) is 0 Å². The van der Waals surface area contributed by atoms with E-state index in [-0.39, 0.29) is 0 Å². The van der Waals surface area contributed by atoms with E-state index in [9.17, 15) is 4.79 Å². The molecule has 0 saturated carbocycles. The summed E-state index contributed by atoms with van der Waals surface area (Å²) >= 11 is 0. The third-order valence-corrected chi connectivity index (χ3v) is 1.90. The molecule has 0 aliphatic rings. The molecule has 90 valence electrons. The minimum absolute atomic E-state index is 0.399. The van der Waals surface area contributed by atoms with E-state index in [0.29, 0.717) is 5.82 Å². The molecule has 6 heteroatoms. The van der Waals surface area contributed by atoms with Gasteiger partial charge in [-0.2, -0.15) is 5.10 Å². The van der Waals surface area contributed by atoms with Crippen LogP contribution in [0.2, 0.25) is 0 Å². The Morgan fingerprint density at radius 2 is 2.12 bits per heavy atom. The molecule has 0 aliphatic heterocycles. The van der Waals surface area contributed by atoms with Gasteiger partial charge in [0.05, 0.1) is 11.7 Å². The lowest BCUT2D eigenvalue weighted by atomic mass is 10.2. The number of nitrogens with zero attached hydrogens (tertiary/aromatic N) is 3. The monoisotopic (exact) mass is 234 g/mol. The fourth-order valence-electron chi connectivity index (χ4n) is 1.29. The number of fused-ring (bicyclic) bond motifs is 1. The molecule has 0 atom stereocenters. The number of aromatic nitrogens is 3. The van der Waals surface area contributed by atoms with Crippen LogP contribution < -0.4 is 5.32 Å². The summed E-state index contributed by atoms with van der Waals surface area (Å²) in [7, 11) is 0. The zero-order chi connectivity index (χ0) is 12.5. The van der Waals surface area contributed by atoms with Crippen LogP contribution in [-0.2, 0) is 4.74 Å². The van der Waals surface area contributed by atoms with Gasteiger partial charge in [0.2, 0.25) is 0 Å². The van der Waals surface area contributed by atoms with Crippen LogP contribution in [0.1, 0.15) is 20.8 Å². The quantitative estimate of drug-likeness (QED) is 0.820. The second-order valence-electron chi connectivity index (χ2n) is 4.59. The van der Waals surface area contributed by atoms with Crippen molar-refractivity contribution in [3.05, 3.63) is 24.4 Å². The first kappa shape index (κ1) is 11.4.